The second-order valence-electron chi connectivity index (χ2n) is 6.80. The van der Waals surface area contributed by atoms with Crippen molar-refractivity contribution >= 4 is 0 Å². The van der Waals surface area contributed by atoms with Crippen LogP contribution in [0.5, 0.6) is 0 Å². The van der Waals surface area contributed by atoms with Gasteiger partial charge in [0.05, 0.1) is 0 Å². The van der Waals surface area contributed by atoms with E-state index in [1.807, 2.05) is 0 Å². The molecule has 0 saturated heterocycles. The normalized spacial score (nSPS) is 14.8. The summed E-state index contributed by atoms with van der Waals surface area (Å²) in [6, 6.07) is 9.24. The topological polar surface area (TPSA) is 15.3 Å². The van der Waals surface area contributed by atoms with E-state index < -0.39 is 0 Å². The number of nitrogens with zero attached hydrogens (tertiary/aromatic N) is 1. The monoisotopic (exact) mass is 276 g/mol. The Hall–Kier alpha value is -0.860. The molecule has 1 rings (SSSR count). The molecule has 0 aliphatic rings. The maximum absolute atomic E-state index is 3.59. The quantitative estimate of drug-likeness (QED) is 0.776. The molecule has 0 amide bonds. The SMILES string of the molecule is CCC(C)(CNC(C)C)CN(C)Cc1ccccc1C. The Morgan fingerprint density at radius 2 is 1.90 bits per heavy atom. The van der Waals surface area contributed by atoms with Crippen LogP contribution in [-0.2, 0) is 6.54 Å². The molecule has 0 saturated carbocycles. The lowest BCUT2D eigenvalue weighted by Gasteiger charge is -2.34. The second kappa shape index (κ2) is 7.80. The first-order valence-corrected chi connectivity index (χ1v) is 7.83. The van der Waals surface area contributed by atoms with Crippen molar-refractivity contribution in [2.24, 2.45) is 5.41 Å². The van der Waals surface area contributed by atoms with Crippen LogP contribution in [0.15, 0.2) is 24.3 Å². The van der Waals surface area contributed by atoms with E-state index in [2.05, 4.69) is 76.1 Å². The first-order chi connectivity index (χ1) is 9.36. The molecular formula is C18H32N2. The lowest BCUT2D eigenvalue weighted by Crippen LogP contribution is -2.42. The summed E-state index contributed by atoms with van der Waals surface area (Å²) in [6.45, 7) is 14.5. The Balaban J connectivity index is 2.58. The van der Waals surface area contributed by atoms with Gasteiger partial charge in [-0.25, -0.2) is 0 Å². The molecule has 2 heteroatoms. The van der Waals surface area contributed by atoms with Gasteiger partial charge in [-0.05, 0) is 36.9 Å². The van der Waals surface area contributed by atoms with Gasteiger partial charge >= 0.3 is 0 Å². The van der Waals surface area contributed by atoms with Crippen LogP contribution < -0.4 is 5.32 Å². The van der Waals surface area contributed by atoms with Crippen LogP contribution in [0.2, 0.25) is 0 Å². The Bertz CT molecular complexity index is 400. The third kappa shape index (κ3) is 5.64. The molecule has 1 aromatic carbocycles. The van der Waals surface area contributed by atoms with Gasteiger partial charge in [-0.15, -0.1) is 0 Å². The summed E-state index contributed by atoms with van der Waals surface area (Å²) in [5, 5.41) is 3.59. The maximum atomic E-state index is 3.59. The molecule has 0 heterocycles. The predicted molar refractivity (Wildman–Crippen MR) is 89.0 cm³/mol. The molecule has 1 atom stereocenters. The third-order valence-electron chi connectivity index (χ3n) is 4.14. The van der Waals surface area contributed by atoms with Crippen molar-refractivity contribution in [3.63, 3.8) is 0 Å². The second-order valence-corrected chi connectivity index (χ2v) is 6.80. The lowest BCUT2D eigenvalue weighted by atomic mass is 9.86. The predicted octanol–water partition coefficient (Wildman–Crippen LogP) is 3.84. The average molecular weight is 276 g/mol. The highest BCUT2D eigenvalue weighted by atomic mass is 15.1. The van der Waals surface area contributed by atoms with Gasteiger partial charge in [0.2, 0.25) is 0 Å². The Morgan fingerprint density at radius 1 is 1.25 bits per heavy atom. The summed E-state index contributed by atoms with van der Waals surface area (Å²) < 4.78 is 0. The zero-order valence-electron chi connectivity index (χ0n) is 14.2. The smallest absolute Gasteiger partial charge is 0.0233 e. The summed E-state index contributed by atoms with van der Waals surface area (Å²) in [4.78, 5) is 2.45. The first kappa shape index (κ1) is 17.2. The molecule has 0 aromatic heterocycles. The van der Waals surface area contributed by atoms with Gasteiger partial charge in [0.15, 0.2) is 0 Å². The standard InChI is InChI=1S/C18H32N2/c1-7-18(5,13-19-15(2)3)14-20(6)12-17-11-9-8-10-16(17)4/h8-11,15,19H,7,12-14H2,1-6H3. The summed E-state index contributed by atoms with van der Waals surface area (Å²) in [6.07, 6.45) is 1.20. The zero-order chi connectivity index (χ0) is 15.2. The maximum Gasteiger partial charge on any atom is 0.0233 e. The van der Waals surface area contributed by atoms with E-state index in [0.29, 0.717) is 11.5 Å². The molecule has 1 aromatic rings. The number of aryl methyl sites for hydroxylation is 1. The van der Waals surface area contributed by atoms with Crippen molar-refractivity contribution in [3.8, 4) is 0 Å². The molecule has 2 nitrogen and oxygen atoms in total. The molecule has 0 aliphatic carbocycles. The van der Waals surface area contributed by atoms with Crippen molar-refractivity contribution in [1.29, 1.82) is 0 Å². The Kier molecular flexibility index (Phi) is 6.70. The fraction of sp³-hybridized carbons (Fsp3) is 0.667. The fourth-order valence-corrected chi connectivity index (χ4v) is 2.53. The third-order valence-corrected chi connectivity index (χ3v) is 4.14. The van der Waals surface area contributed by atoms with E-state index in [9.17, 15) is 0 Å². The summed E-state index contributed by atoms with van der Waals surface area (Å²) in [5.41, 5.74) is 3.16. The summed E-state index contributed by atoms with van der Waals surface area (Å²) in [5.74, 6) is 0. The van der Waals surface area contributed by atoms with Gasteiger partial charge in [0.1, 0.15) is 0 Å². The number of rotatable bonds is 8. The van der Waals surface area contributed by atoms with Gasteiger partial charge < -0.3 is 10.2 Å². The van der Waals surface area contributed by atoms with E-state index in [0.717, 1.165) is 19.6 Å². The minimum Gasteiger partial charge on any atom is -0.314 e. The van der Waals surface area contributed by atoms with Gasteiger partial charge in [-0.2, -0.15) is 0 Å². The van der Waals surface area contributed by atoms with Crippen molar-refractivity contribution in [2.45, 2.75) is 53.6 Å². The fourth-order valence-electron chi connectivity index (χ4n) is 2.53. The Morgan fingerprint density at radius 3 is 2.45 bits per heavy atom. The largest absolute Gasteiger partial charge is 0.314 e. The van der Waals surface area contributed by atoms with E-state index in [1.165, 1.54) is 17.5 Å². The van der Waals surface area contributed by atoms with Crippen LogP contribution in [0.4, 0.5) is 0 Å². The minimum absolute atomic E-state index is 0.335. The molecule has 114 valence electrons. The van der Waals surface area contributed by atoms with Crippen LogP contribution >= 0.6 is 0 Å². The van der Waals surface area contributed by atoms with Gasteiger partial charge in [0.25, 0.3) is 0 Å². The summed E-state index contributed by atoms with van der Waals surface area (Å²) in [7, 11) is 2.23. The number of benzene rings is 1. The highest BCUT2D eigenvalue weighted by Crippen LogP contribution is 2.22. The molecule has 0 spiro atoms. The van der Waals surface area contributed by atoms with E-state index >= 15 is 0 Å². The number of hydrogen-bond donors (Lipinski definition) is 1. The molecule has 0 fully saturated rings. The van der Waals surface area contributed by atoms with Crippen LogP contribution in [0, 0.1) is 12.3 Å². The molecule has 1 N–H and O–H groups in total. The van der Waals surface area contributed by atoms with Crippen LogP contribution in [-0.4, -0.2) is 31.1 Å². The van der Waals surface area contributed by atoms with Gasteiger partial charge in [-0.1, -0.05) is 52.0 Å². The number of hydrogen-bond acceptors (Lipinski definition) is 2. The van der Waals surface area contributed by atoms with Crippen molar-refractivity contribution in [2.75, 3.05) is 20.1 Å². The summed E-state index contributed by atoms with van der Waals surface area (Å²) >= 11 is 0. The zero-order valence-corrected chi connectivity index (χ0v) is 14.2. The van der Waals surface area contributed by atoms with Crippen molar-refractivity contribution in [1.82, 2.24) is 10.2 Å². The minimum atomic E-state index is 0.335. The molecule has 20 heavy (non-hydrogen) atoms. The van der Waals surface area contributed by atoms with Gasteiger partial charge in [-0.3, -0.25) is 0 Å². The van der Waals surface area contributed by atoms with Crippen LogP contribution in [0.1, 0.15) is 45.2 Å². The molecule has 0 radical (unpaired) electrons. The first-order valence-electron chi connectivity index (χ1n) is 7.83. The molecule has 0 aliphatic heterocycles. The van der Waals surface area contributed by atoms with Crippen LogP contribution in [0.25, 0.3) is 0 Å². The van der Waals surface area contributed by atoms with Crippen molar-refractivity contribution in [3.05, 3.63) is 35.4 Å². The molecular weight excluding hydrogens is 244 g/mol. The number of nitrogens with one attached hydrogen (secondary N) is 1. The highest BCUT2D eigenvalue weighted by molar-refractivity contribution is 5.25. The van der Waals surface area contributed by atoms with E-state index in [4.69, 9.17) is 0 Å². The average Bonchev–Trinajstić information content (AvgIpc) is 2.39. The van der Waals surface area contributed by atoms with Crippen LogP contribution in [0.3, 0.4) is 0 Å². The van der Waals surface area contributed by atoms with Gasteiger partial charge in [0, 0.05) is 25.7 Å². The van der Waals surface area contributed by atoms with Crippen molar-refractivity contribution < 1.29 is 0 Å². The Labute approximate surface area is 125 Å². The molecule has 0 bridgehead atoms. The lowest BCUT2D eigenvalue weighted by molar-refractivity contribution is 0.172. The van der Waals surface area contributed by atoms with E-state index in [1.54, 1.807) is 0 Å². The van der Waals surface area contributed by atoms with E-state index in [-0.39, 0.29) is 0 Å². The molecule has 1 unspecified atom stereocenters. The highest BCUT2D eigenvalue weighted by Gasteiger charge is 2.24.